The van der Waals surface area contributed by atoms with Crippen molar-refractivity contribution in [3.63, 3.8) is 0 Å². The van der Waals surface area contributed by atoms with Crippen LogP contribution in [0, 0.1) is 5.92 Å². The summed E-state index contributed by atoms with van der Waals surface area (Å²) in [6.45, 7) is 2.04. The van der Waals surface area contributed by atoms with Crippen LogP contribution in [0.2, 0.25) is 10.0 Å². The highest BCUT2D eigenvalue weighted by Crippen LogP contribution is 2.42. The summed E-state index contributed by atoms with van der Waals surface area (Å²) in [5.74, 6) is -1.11. The minimum atomic E-state index is -0.830. The van der Waals surface area contributed by atoms with Gasteiger partial charge in [-0.25, -0.2) is 9.96 Å². The van der Waals surface area contributed by atoms with Crippen LogP contribution in [0.4, 0.5) is 11.4 Å². The van der Waals surface area contributed by atoms with Crippen molar-refractivity contribution >= 4 is 46.4 Å². The van der Waals surface area contributed by atoms with Gasteiger partial charge in [-0.2, -0.15) is 0 Å². The predicted octanol–water partition coefficient (Wildman–Crippen LogP) is 4.47. The summed E-state index contributed by atoms with van der Waals surface area (Å²) in [6, 6.07) is 13.9. The molecule has 0 bridgehead atoms. The molecular formula is C20H18Cl2N2O3. The average molecular weight is 405 g/mol. The Morgan fingerprint density at radius 1 is 0.963 bits per heavy atom. The molecule has 2 heterocycles. The van der Waals surface area contributed by atoms with Crippen molar-refractivity contribution in [1.82, 2.24) is 0 Å². The van der Waals surface area contributed by atoms with Gasteiger partial charge >= 0.3 is 0 Å². The normalized spacial score (nSPS) is 24.6. The fraction of sp³-hybridized carbons (Fsp3) is 0.300. The van der Waals surface area contributed by atoms with E-state index in [1.54, 1.807) is 47.5 Å². The molecular weight excluding hydrogens is 387 g/mol. The maximum atomic E-state index is 13.1. The second kappa shape index (κ2) is 7.15. The van der Waals surface area contributed by atoms with Crippen LogP contribution >= 0.6 is 23.2 Å². The van der Waals surface area contributed by atoms with Gasteiger partial charge < -0.3 is 0 Å². The van der Waals surface area contributed by atoms with Crippen LogP contribution in [-0.2, 0) is 14.4 Å². The molecule has 0 aromatic heterocycles. The molecule has 140 valence electrons. The fourth-order valence-corrected chi connectivity index (χ4v) is 4.08. The molecule has 0 aliphatic carbocycles. The number of amides is 2. The van der Waals surface area contributed by atoms with Crippen molar-refractivity contribution < 1.29 is 14.4 Å². The van der Waals surface area contributed by atoms with E-state index in [2.05, 4.69) is 0 Å². The lowest BCUT2D eigenvalue weighted by molar-refractivity contribution is -0.126. The second-order valence-corrected chi connectivity index (χ2v) is 7.49. The Balaban J connectivity index is 1.69. The largest absolute Gasteiger partial charge is 0.273 e. The molecule has 2 aromatic rings. The minimum absolute atomic E-state index is 0.225. The molecule has 3 atom stereocenters. The quantitative estimate of drug-likeness (QED) is 0.705. The highest BCUT2D eigenvalue weighted by molar-refractivity contribution is 6.42. The molecule has 2 aliphatic rings. The van der Waals surface area contributed by atoms with Crippen molar-refractivity contribution in [3.05, 3.63) is 58.6 Å². The minimum Gasteiger partial charge on any atom is -0.273 e. The number of carbonyl (C=O) groups is 2. The van der Waals surface area contributed by atoms with E-state index in [0.717, 1.165) is 6.42 Å². The molecule has 0 N–H and O–H groups in total. The third-order valence-electron chi connectivity index (χ3n) is 4.99. The predicted molar refractivity (Wildman–Crippen MR) is 105 cm³/mol. The number of rotatable bonds is 4. The Kier molecular flexibility index (Phi) is 4.84. The van der Waals surface area contributed by atoms with Crippen LogP contribution < -0.4 is 9.96 Å². The van der Waals surface area contributed by atoms with Crippen molar-refractivity contribution in [2.45, 2.75) is 31.9 Å². The number of hydrogen-bond donors (Lipinski definition) is 0. The lowest BCUT2D eigenvalue weighted by Gasteiger charge is -2.28. The topological polar surface area (TPSA) is 49.9 Å². The highest BCUT2D eigenvalue weighted by atomic mass is 35.5. The fourth-order valence-electron chi connectivity index (χ4n) is 3.79. The van der Waals surface area contributed by atoms with Gasteiger partial charge in [0.05, 0.1) is 33.4 Å². The average Bonchev–Trinajstić information content (AvgIpc) is 3.15. The van der Waals surface area contributed by atoms with Gasteiger partial charge in [-0.15, -0.1) is 0 Å². The molecule has 2 saturated heterocycles. The molecule has 2 aliphatic heterocycles. The zero-order valence-corrected chi connectivity index (χ0v) is 16.2. The zero-order valence-electron chi connectivity index (χ0n) is 14.6. The maximum absolute atomic E-state index is 13.1. The van der Waals surface area contributed by atoms with E-state index in [-0.39, 0.29) is 17.9 Å². The second-order valence-electron chi connectivity index (χ2n) is 6.68. The maximum Gasteiger partial charge on any atom is 0.266 e. The monoisotopic (exact) mass is 404 g/mol. The Bertz CT molecular complexity index is 890. The van der Waals surface area contributed by atoms with E-state index in [4.69, 9.17) is 28.0 Å². The van der Waals surface area contributed by atoms with Gasteiger partial charge in [0.1, 0.15) is 0 Å². The number of para-hydroxylation sites is 1. The SMILES string of the molecule is CCC[C@H]1[C@H]2C(=O)N(c3ccccc3)C(=O)[C@@H]2ON1c1ccc(Cl)c(Cl)c1. The first-order valence-electron chi connectivity index (χ1n) is 8.87. The molecule has 7 heteroatoms. The molecule has 27 heavy (non-hydrogen) atoms. The Hall–Kier alpha value is -2.08. The van der Waals surface area contributed by atoms with Gasteiger partial charge in [0, 0.05) is 0 Å². The molecule has 0 spiro atoms. The smallest absolute Gasteiger partial charge is 0.266 e. The number of halogens is 2. The van der Waals surface area contributed by atoms with E-state index < -0.39 is 12.0 Å². The number of benzene rings is 2. The number of carbonyl (C=O) groups excluding carboxylic acids is 2. The molecule has 5 nitrogen and oxygen atoms in total. The highest BCUT2D eigenvalue weighted by Gasteiger charge is 2.59. The number of hydroxylamine groups is 1. The summed E-state index contributed by atoms with van der Waals surface area (Å²) < 4.78 is 0. The van der Waals surface area contributed by atoms with Gasteiger partial charge in [-0.05, 0) is 36.8 Å². The van der Waals surface area contributed by atoms with Crippen molar-refractivity contribution in [1.29, 1.82) is 0 Å². The van der Waals surface area contributed by atoms with E-state index >= 15 is 0 Å². The molecule has 2 aromatic carbocycles. The van der Waals surface area contributed by atoms with Crippen molar-refractivity contribution in [3.8, 4) is 0 Å². The van der Waals surface area contributed by atoms with Crippen molar-refractivity contribution in [2.75, 3.05) is 9.96 Å². The van der Waals surface area contributed by atoms with Gasteiger partial charge in [0.25, 0.3) is 5.91 Å². The molecule has 2 fully saturated rings. The van der Waals surface area contributed by atoms with Crippen LogP contribution in [0.5, 0.6) is 0 Å². The third kappa shape index (κ3) is 3.00. The summed E-state index contributed by atoms with van der Waals surface area (Å²) in [6.07, 6.45) is 0.731. The van der Waals surface area contributed by atoms with Crippen LogP contribution in [-0.4, -0.2) is 24.0 Å². The number of nitrogens with zero attached hydrogens (tertiary/aromatic N) is 2. The third-order valence-corrected chi connectivity index (χ3v) is 5.73. The van der Waals surface area contributed by atoms with Crippen LogP contribution in [0.1, 0.15) is 19.8 Å². The van der Waals surface area contributed by atoms with E-state index in [0.29, 0.717) is 27.8 Å². The lowest BCUT2D eigenvalue weighted by atomic mass is 9.93. The van der Waals surface area contributed by atoms with Gasteiger partial charge in [0.15, 0.2) is 6.10 Å². The Morgan fingerprint density at radius 3 is 2.37 bits per heavy atom. The van der Waals surface area contributed by atoms with Gasteiger partial charge in [-0.1, -0.05) is 54.7 Å². The summed E-state index contributed by atoms with van der Waals surface area (Å²) in [7, 11) is 0. The first kappa shape index (κ1) is 18.3. The summed E-state index contributed by atoms with van der Waals surface area (Å²) in [5, 5.41) is 2.49. The lowest BCUT2D eigenvalue weighted by Crippen LogP contribution is -2.40. The Labute approximate surface area is 167 Å². The number of fused-ring (bicyclic) bond motifs is 1. The molecule has 0 radical (unpaired) electrons. The molecule has 0 unspecified atom stereocenters. The van der Waals surface area contributed by atoms with E-state index in [1.165, 1.54) is 4.90 Å². The molecule has 0 saturated carbocycles. The van der Waals surface area contributed by atoms with Gasteiger partial charge in [-0.3, -0.25) is 14.4 Å². The zero-order chi connectivity index (χ0) is 19.1. The Morgan fingerprint density at radius 2 is 1.70 bits per heavy atom. The number of hydrogen-bond acceptors (Lipinski definition) is 4. The standard InChI is InChI=1S/C20H18Cl2N2O3/c1-2-6-16-17-18(27-24(16)13-9-10-14(21)15(22)11-13)20(26)23(19(17)25)12-7-4-3-5-8-12/h3-5,7-11,16-18H,2,6H2,1H3/t16-,17+,18+/m0/s1. The summed E-state index contributed by atoms with van der Waals surface area (Å²) in [5.41, 5.74) is 1.26. The first-order valence-corrected chi connectivity index (χ1v) is 9.62. The van der Waals surface area contributed by atoms with E-state index in [1.807, 2.05) is 13.0 Å². The number of imide groups is 1. The van der Waals surface area contributed by atoms with Crippen molar-refractivity contribution in [2.24, 2.45) is 5.92 Å². The number of anilines is 2. The molecule has 2 amide bonds. The molecule has 4 rings (SSSR count). The van der Waals surface area contributed by atoms with Gasteiger partial charge in [0.2, 0.25) is 5.91 Å². The summed E-state index contributed by atoms with van der Waals surface area (Å²) in [4.78, 5) is 33.3. The van der Waals surface area contributed by atoms with Crippen LogP contribution in [0.3, 0.4) is 0 Å². The summed E-state index contributed by atoms with van der Waals surface area (Å²) >= 11 is 12.1. The van der Waals surface area contributed by atoms with E-state index in [9.17, 15) is 9.59 Å². The van der Waals surface area contributed by atoms with Crippen LogP contribution in [0.25, 0.3) is 0 Å². The first-order chi connectivity index (χ1) is 13.0. The van der Waals surface area contributed by atoms with Crippen LogP contribution in [0.15, 0.2) is 48.5 Å².